The highest BCUT2D eigenvalue weighted by molar-refractivity contribution is 5.62. The molecule has 2 heteroatoms. The summed E-state index contributed by atoms with van der Waals surface area (Å²) in [5.41, 5.74) is 3.27. The maximum absolute atomic E-state index is 9.29. The molecule has 0 bridgehead atoms. The van der Waals surface area contributed by atoms with E-state index in [4.69, 9.17) is 0 Å². The number of hydrogen-bond acceptors (Lipinski definition) is 2. The van der Waals surface area contributed by atoms with Crippen LogP contribution in [0.2, 0.25) is 0 Å². The van der Waals surface area contributed by atoms with Gasteiger partial charge in [-0.05, 0) is 49.8 Å². The smallest absolute Gasteiger partial charge is 0.101 e. The lowest BCUT2D eigenvalue weighted by Gasteiger charge is -2.33. The Morgan fingerprint density at radius 2 is 2.06 bits per heavy atom. The number of rotatable bonds is 1. The van der Waals surface area contributed by atoms with Crippen molar-refractivity contribution in [3.8, 4) is 6.07 Å². The van der Waals surface area contributed by atoms with Crippen molar-refractivity contribution >= 4 is 5.69 Å². The lowest BCUT2D eigenvalue weighted by atomic mass is 9.85. The van der Waals surface area contributed by atoms with Gasteiger partial charge in [0.05, 0.1) is 11.3 Å². The van der Waals surface area contributed by atoms with Crippen LogP contribution in [0.25, 0.3) is 0 Å². The average Bonchev–Trinajstić information content (AvgIpc) is 2.82. The van der Waals surface area contributed by atoms with E-state index in [1.807, 2.05) is 12.1 Å². The van der Waals surface area contributed by atoms with Crippen molar-refractivity contribution < 1.29 is 0 Å². The van der Waals surface area contributed by atoms with Gasteiger partial charge in [-0.15, -0.1) is 0 Å². The topological polar surface area (TPSA) is 27.0 Å². The number of fused-ring (bicyclic) bond motifs is 1. The molecular formula is C16H20N2. The van der Waals surface area contributed by atoms with Crippen LogP contribution in [0.3, 0.4) is 0 Å². The summed E-state index contributed by atoms with van der Waals surface area (Å²) in [4.78, 5) is 2.51. The first-order valence-electron chi connectivity index (χ1n) is 7.07. The molecule has 1 saturated carbocycles. The summed E-state index contributed by atoms with van der Waals surface area (Å²) < 4.78 is 0. The van der Waals surface area contributed by atoms with E-state index in [2.05, 4.69) is 24.0 Å². The maximum atomic E-state index is 9.29. The van der Waals surface area contributed by atoms with Crippen molar-refractivity contribution in [1.82, 2.24) is 0 Å². The van der Waals surface area contributed by atoms with Gasteiger partial charge in [0.1, 0.15) is 6.07 Å². The summed E-state index contributed by atoms with van der Waals surface area (Å²) in [6.07, 6.45) is 6.75. The molecule has 1 saturated heterocycles. The minimum atomic E-state index is 0.688. The van der Waals surface area contributed by atoms with Gasteiger partial charge in [-0.3, -0.25) is 0 Å². The Kier molecular flexibility index (Phi) is 2.99. The molecule has 0 amide bonds. The molecule has 0 N–H and O–H groups in total. The fraction of sp³-hybridized carbons (Fsp3) is 0.562. The van der Waals surface area contributed by atoms with E-state index in [9.17, 15) is 5.26 Å². The normalized spacial score (nSPS) is 26.8. The number of nitriles is 1. The molecule has 1 aromatic rings. The summed E-state index contributed by atoms with van der Waals surface area (Å²) in [5.74, 6) is 0.866. The molecular weight excluding hydrogens is 220 g/mol. The van der Waals surface area contributed by atoms with Gasteiger partial charge < -0.3 is 4.90 Å². The molecule has 2 nitrogen and oxygen atoms in total. The lowest BCUT2D eigenvalue weighted by molar-refractivity contribution is 0.342. The Labute approximate surface area is 109 Å². The van der Waals surface area contributed by atoms with Gasteiger partial charge >= 0.3 is 0 Å². The van der Waals surface area contributed by atoms with E-state index in [1.54, 1.807) is 0 Å². The Morgan fingerprint density at radius 3 is 2.89 bits per heavy atom. The number of nitrogens with zero attached hydrogens (tertiary/aromatic N) is 2. The molecule has 2 aliphatic rings. The molecule has 1 aliphatic heterocycles. The third-order valence-corrected chi connectivity index (χ3v) is 4.59. The van der Waals surface area contributed by atoms with E-state index in [0.29, 0.717) is 6.04 Å². The molecule has 2 unspecified atom stereocenters. The lowest BCUT2D eigenvalue weighted by Crippen LogP contribution is -2.35. The van der Waals surface area contributed by atoms with Crippen LogP contribution in [0.15, 0.2) is 18.2 Å². The first-order chi connectivity index (χ1) is 8.79. The second-order valence-electron chi connectivity index (χ2n) is 5.73. The molecule has 0 aromatic heterocycles. The molecule has 0 spiro atoms. The van der Waals surface area contributed by atoms with Gasteiger partial charge in [-0.1, -0.05) is 18.9 Å². The number of anilines is 1. The maximum Gasteiger partial charge on any atom is 0.101 e. The molecule has 2 fully saturated rings. The first-order valence-corrected chi connectivity index (χ1v) is 7.07. The van der Waals surface area contributed by atoms with Crippen molar-refractivity contribution in [3.05, 3.63) is 29.3 Å². The zero-order valence-electron chi connectivity index (χ0n) is 11.0. The zero-order chi connectivity index (χ0) is 12.5. The van der Waals surface area contributed by atoms with E-state index in [-0.39, 0.29) is 0 Å². The summed E-state index contributed by atoms with van der Waals surface area (Å²) >= 11 is 0. The van der Waals surface area contributed by atoms with Gasteiger partial charge in [0, 0.05) is 12.6 Å². The summed E-state index contributed by atoms with van der Waals surface area (Å²) in [6.45, 7) is 3.24. The van der Waals surface area contributed by atoms with Crippen LogP contribution in [0.5, 0.6) is 0 Å². The number of aryl methyl sites for hydroxylation is 1. The highest BCUT2D eigenvalue weighted by Crippen LogP contribution is 2.39. The van der Waals surface area contributed by atoms with Crippen molar-refractivity contribution in [3.63, 3.8) is 0 Å². The van der Waals surface area contributed by atoms with Gasteiger partial charge in [-0.25, -0.2) is 0 Å². The monoisotopic (exact) mass is 240 g/mol. The third kappa shape index (κ3) is 1.88. The predicted molar refractivity (Wildman–Crippen MR) is 73.6 cm³/mol. The van der Waals surface area contributed by atoms with Crippen molar-refractivity contribution in [2.24, 2.45) is 5.92 Å². The molecule has 2 atom stereocenters. The van der Waals surface area contributed by atoms with Crippen molar-refractivity contribution in [2.45, 2.75) is 45.1 Å². The number of hydrogen-bond donors (Lipinski definition) is 0. The minimum absolute atomic E-state index is 0.688. The molecule has 94 valence electrons. The van der Waals surface area contributed by atoms with Crippen LogP contribution in [-0.4, -0.2) is 12.6 Å². The fourth-order valence-electron chi connectivity index (χ4n) is 3.68. The van der Waals surface area contributed by atoms with Crippen LogP contribution >= 0.6 is 0 Å². The quantitative estimate of drug-likeness (QED) is 0.749. The largest absolute Gasteiger partial charge is 0.367 e. The van der Waals surface area contributed by atoms with Crippen molar-refractivity contribution in [2.75, 3.05) is 11.4 Å². The third-order valence-electron chi connectivity index (χ3n) is 4.59. The second-order valence-corrected chi connectivity index (χ2v) is 5.73. The molecule has 1 heterocycles. The van der Waals surface area contributed by atoms with Crippen LogP contribution in [0, 0.1) is 24.2 Å². The average molecular weight is 240 g/mol. The SMILES string of the molecule is Cc1ccc(C#N)c(N2CCC3CCCCC32)c1. The van der Waals surface area contributed by atoms with E-state index in [0.717, 1.165) is 18.0 Å². The van der Waals surface area contributed by atoms with Crippen LogP contribution < -0.4 is 4.90 Å². The Hall–Kier alpha value is -1.49. The molecule has 1 aromatic carbocycles. The fourth-order valence-corrected chi connectivity index (χ4v) is 3.68. The molecule has 1 aliphatic carbocycles. The van der Waals surface area contributed by atoms with Gasteiger partial charge in [0.25, 0.3) is 0 Å². The highest BCUT2D eigenvalue weighted by atomic mass is 15.2. The van der Waals surface area contributed by atoms with Gasteiger partial charge in [0.15, 0.2) is 0 Å². The van der Waals surface area contributed by atoms with Crippen LogP contribution in [-0.2, 0) is 0 Å². The zero-order valence-corrected chi connectivity index (χ0v) is 11.0. The van der Waals surface area contributed by atoms with Crippen LogP contribution in [0.1, 0.15) is 43.2 Å². The first kappa shape index (κ1) is 11.6. The van der Waals surface area contributed by atoms with Crippen LogP contribution in [0.4, 0.5) is 5.69 Å². The Balaban J connectivity index is 1.95. The van der Waals surface area contributed by atoms with E-state index < -0.39 is 0 Å². The Bertz CT molecular complexity index is 486. The minimum Gasteiger partial charge on any atom is -0.367 e. The summed E-state index contributed by atoms with van der Waals surface area (Å²) in [7, 11) is 0. The Morgan fingerprint density at radius 1 is 1.22 bits per heavy atom. The predicted octanol–water partition coefficient (Wildman–Crippen LogP) is 3.64. The second kappa shape index (κ2) is 4.65. The van der Waals surface area contributed by atoms with E-state index >= 15 is 0 Å². The number of benzene rings is 1. The standard InChI is InChI=1S/C16H20N2/c1-12-6-7-14(11-17)16(10-12)18-9-8-13-4-2-3-5-15(13)18/h6-7,10,13,15H,2-5,8-9H2,1H3. The molecule has 3 rings (SSSR count). The van der Waals surface area contributed by atoms with Crippen molar-refractivity contribution in [1.29, 1.82) is 5.26 Å². The summed E-state index contributed by atoms with van der Waals surface area (Å²) in [6, 6.07) is 9.24. The molecule has 0 radical (unpaired) electrons. The molecule has 18 heavy (non-hydrogen) atoms. The van der Waals surface area contributed by atoms with E-state index in [1.165, 1.54) is 43.4 Å². The highest BCUT2D eigenvalue weighted by Gasteiger charge is 2.36. The van der Waals surface area contributed by atoms with Gasteiger partial charge in [-0.2, -0.15) is 5.26 Å². The van der Waals surface area contributed by atoms with Gasteiger partial charge in [0.2, 0.25) is 0 Å². The summed E-state index contributed by atoms with van der Waals surface area (Å²) in [5, 5.41) is 9.29.